The minimum absolute atomic E-state index is 0.198. The first-order valence-corrected chi connectivity index (χ1v) is 12.4. The summed E-state index contributed by atoms with van der Waals surface area (Å²) in [4.78, 5) is 25.9. The van der Waals surface area contributed by atoms with Gasteiger partial charge in [0.2, 0.25) is 0 Å². The molecule has 0 saturated carbocycles. The van der Waals surface area contributed by atoms with Crippen molar-refractivity contribution in [3.63, 3.8) is 0 Å². The number of hydrogen-bond acceptors (Lipinski definition) is 6. The number of fused-ring (bicyclic) bond motifs is 2. The lowest BCUT2D eigenvalue weighted by Gasteiger charge is -2.08. The highest BCUT2D eigenvalue weighted by Crippen LogP contribution is 2.25. The maximum absolute atomic E-state index is 12.7. The molecule has 5 nitrogen and oxygen atoms in total. The summed E-state index contributed by atoms with van der Waals surface area (Å²) in [6.45, 7) is 0.587. The van der Waals surface area contributed by atoms with Crippen molar-refractivity contribution >= 4 is 44.1 Å². The molecule has 3 heterocycles. The van der Waals surface area contributed by atoms with Gasteiger partial charge in [-0.2, -0.15) is 0 Å². The molecule has 3 aromatic heterocycles. The highest BCUT2D eigenvalue weighted by Gasteiger charge is 2.10. The molecular weight excluding hydrogens is 438 g/mol. The van der Waals surface area contributed by atoms with E-state index in [2.05, 4.69) is 45.5 Å². The van der Waals surface area contributed by atoms with Crippen LogP contribution in [-0.2, 0) is 6.42 Å². The van der Waals surface area contributed by atoms with Crippen molar-refractivity contribution in [2.75, 3.05) is 12.9 Å². The van der Waals surface area contributed by atoms with Crippen LogP contribution in [-0.4, -0.2) is 27.8 Å². The molecule has 7 heteroatoms. The predicted molar refractivity (Wildman–Crippen MR) is 133 cm³/mol. The number of nitrogens with one attached hydrogen (secondary N) is 1. The van der Waals surface area contributed by atoms with Crippen LogP contribution in [0.25, 0.3) is 32.5 Å². The van der Waals surface area contributed by atoms with Crippen molar-refractivity contribution in [1.29, 1.82) is 0 Å². The fraction of sp³-hybridized carbons (Fsp3) is 0.160. The van der Waals surface area contributed by atoms with Gasteiger partial charge < -0.3 is 9.72 Å². The first kappa shape index (κ1) is 20.7. The molecule has 0 bridgehead atoms. The average Bonchev–Trinajstić information content (AvgIpc) is 3.30. The van der Waals surface area contributed by atoms with Crippen LogP contribution in [0.5, 0.6) is 5.75 Å². The Bertz CT molecular complexity index is 1440. The first-order valence-electron chi connectivity index (χ1n) is 10.3. The molecule has 0 aliphatic carbocycles. The van der Waals surface area contributed by atoms with Crippen molar-refractivity contribution in [2.45, 2.75) is 17.7 Å². The standard InChI is InChI=1S/C25H21N3O2S2/c1-31-19-7-4-16(5-8-19)3-2-11-30-18-6-9-21-20(14-18)25(29)28-24(27-21)22-13-17-10-12-32-23(17)15-26-22/h4-10,12-15H,2-3,11H2,1H3,(H,27,28,29). The van der Waals surface area contributed by atoms with Gasteiger partial charge in [-0.1, -0.05) is 12.1 Å². The summed E-state index contributed by atoms with van der Waals surface area (Å²) in [5.41, 5.74) is 2.38. The third-order valence-corrected chi connectivity index (χ3v) is 6.91. The van der Waals surface area contributed by atoms with E-state index < -0.39 is 0 Å². The maximum atomic E-state index is 12.7. The Morgan fingerprint density at radius 3 is 2.81 bits per heavy atom. The van der Waals surface area contributed by atoms with E-state index in [1.165, 1.54) is 10.5 Å². The summed E-state index contributed by atoms with van der Waals surface area (Å²) in [5.74, 6) is 1.14. The van der Waals surface area contributed by atoms with Gasteiger partial charge in [0, 0.05) is 11.1 Å². The van der Waals surface area contributed by atoms with Gasteiger partial charge in [0.05, 0.1) is 22.2 Å². The molecule has 0 fully saturated rings. The number of ether oxygens (including phenoxy) is 1. The van der Waals surface area contributed by atoms with Crippen molar-refractivity contribution in [3.05, 3.63) is 82.1 Å². The van der Waals surface area contributed by atoms with E-state index in [-0.39, 0.29) is 5.56 Å². The number of H-pyrrole nitrogens is 1. The molecular formula is C25H21N3O2S2. The molecule has 0 unspecified atom stereocenters. The Morgan fingerprint density at radius 2 is 1.97 bits per heavy atom. The number of thioether (sulfide) groups is 1. The molecule has 2 aromatic carbocycles. The maximum Gasteiger partial charge on any atom is 0.259 e. The monoisotopic (exact) mass is 459 g/mol. The van der Waals surface area contributed by atoms with Gasteiger partial charge in [-0.3, -0.25) is 9.78 Å². The SMILES string of the molecule is CSc1ccc(CCCOc2ccc3nc(-c4cc5ccsc5cn4)[nH]c(=O)c3c2)cc1. The Balaban J connectivity index is 1.28. The number of aromatic amines is 1. The summed E-state index contributed by atoms with van der Waals surface area (Å²) in [6.07, 6.45) is 5.75. The van der Waals surface area contributed by atoms with Crippen LogP contribution in [0, 0.1) is 0 Å². The Labute approximate surface area is 193 Å². The van der Waals surface area contributed by atoms with Gasteiger partial charge in [0.25, 0.3) is 5.56 Å². The number of hydrogen-bond donors (Lipinski definition) is 1. The average molecular weight is 460 g/mol. The van der Waals surface area contributed by atoms with Gasteiger partial charge in [0.15, 0.2) is 5.82 Å². The number of pyridine rings is 1. The number of nitrogens with zero attached hydrogens (tertiary/aromatic N) is 2. The zero-order valence-corrected chi connectivity index (χ0v) is 19.1. The second-order valence-corrected chi connectivity index (χ2v) is 9.25. The van der Waals surface area contributed by atoms with Gasteiger partial charge in [-0.25, -0.2) is 4.98 Å². The minimum Gasteiger partial charge on any atom is -0.494 e. The van der Waals surface area contributed by atoms with Crippen LogP contribution in [0.3, 0.4) is 0 Å². The number of benzene rings is 2. The lowest BCUT2D eigenvalue weighted by Crippen LogP contribution is -2.10. The number of aryl methyl sites for hydroxylation is 1. The summed E-state index contributed by atoms with van der Waals surface area (Å²) in [5, 5.41) is 3.62. The van der Waals surface area contributed by atoms with Crippen molar-refractivity contribution in [2.24, 2.45) is 0 Å². The molecule has 32 heavy (non-hydrogen) atoms. The van der Waals surface area contributed by atoms with Gasteiger partial charge in [-0.05, 0) is 77.9 Å². The van der Waals surface area contributed by atoms with Gasteiger partial charge in [0.1, 0.15) is 11.4 Å². The lowest BCUT2D eigenvalue weighted by molar-refractivity contribution is 0.311. The zero-order chi connectivity index (χ0) is 21.9. The largest absolute Gasteiger partial charge is 0.494 e. The van der Waals surface area contributed by atoms with Crippen LogP contribution >= 0.6 is 23.1 Å². The predicted octanol–water partition coefficient (Wildman–Crippen LogP) is 5.93. The molecule has 0 spiro atoms. The lowest BCUT2D eigenvalue weighted by atomic mass is 10.1. The molecule has 0 amide bonds. The summed E-state index contributed by atoms with van der Waals surface area (Å²) in [6, 6.07) is 18.0. The molecule has 0 radical (unpaired) electrons. The summed E-state index contributed by atoms with van der Waals surface area (Å²) >= 11 is 3.38. The van der Waals surface area contributed by atoms with Gasteiger partial charge in [-0.15, -0.1) is 23.1 Å². The highest BCUT2D eigenvalue weighted by atomic mass is 32.2. The van der Waals surface area contributed by atoms with Crippen molar-refractivity contribution in [1.82, 2.24) is 15.0 Å². The van der Waals surface area contributed by atoms with Gasteiger partial charge >= 0.3 is 0 Å². The van der Waals surface area contributed by atoms with Crippen LogP contribution in [0.2, 0.25) is 0 Å². The Morgan fingerprint density at radius 1 is 1.09 bits per heavy atom. The summed E-state index contributed by atoms with van der Waals surface area (Å²) in [7, 11) is 0. The normalized spacial score (nSPS) is 11.3. The molecule has 0 saturated heterocycles. The van der Waals surface area contributed by atoms with Crippen molar-refractivity contribution in [3.8, 4) is 17.3 Å². The van der Waals surface area contributed by atoms with E-state index >= 15 is 0 Å². The van der Waals surface area contributed by atoms with E-state index in [1.54, 1.807) is 29.2 Å². The van der Waals surface area contributed by atoms with E-state index in [4.69, 9.17) is 4.74 Å². The van der Waals surface area contributed by atoms with Crippen LogP contribution in [0.4, 0.5) is 0 Å². The fourth-order valence-corrected chi connectivity index (χ4v) is 4.73. The molecule has 0 aliphatic heterocycles. The molecule has 5 aromatic rings. The molecule has 160 valence electrons. The van der Waals surface area contributed by atoms with Crippen molar-refractivity contribution < 1.29 is 4.74 Å². The molecule has 1 N–H and O–H groups in total. The Hall–Kier alpha value is -3.16. The first-order chi connectivity index (χ1) is 15.7. The number of thiophene rings is 1. The van der Waals surface area contributed by atoms with E-state index in [1.807, 2.05) is 35.8 Å². The molecule has 0 aliphatic rings. The summed E-state index contributed by atoms with van der Waals surface area (Å²) < 4.78 is 7.00. The zero-order valence-electron chi connectivity index (χ0n) is 17.5. The second kappa shape index (κ2) is 9.14. The van der Waals surface area contributed by atoms with E-state index in [0.717, 1.165) is 22.9 Å². The number of aromatic nitrogens is 3. The fourth-order valence-electron chi connectivity index (χ4n) is 3.58. The van der Waals surface area contributed by atoms with Crippen LogP contribution in [0.1, 0.15) is 12.0 Å². The molecule has 5 rings (SSSR count). The van der Waals surface area contributed by atoms with E-state index in [0.29, 0.717) is 34.8 Å². The third kappa shape index (κ3) is 4.40. The van der Waals surface area contributed by atoms with Crippen LogP contribution < -0.4 is 10.3 Å². The molecule has 0 atom stereocenters. The van der Waals surface area contributed by atoms with E-state index in [9.17, 15) is 4.79 Å². The Kier molecular flexibility index (Phi) is 5.92. The topological polar surface area (TPSA) is 67.9 Å². The highest BCUT2D eigenvalue weighted by molar-refractivity contribution is 7.98. The quantitative estimate of drug-likeness (QED) is 0.241. The second-order valence-electron chi connectivity index (χ2n) is 7.42. The van der Waals surface area contributed by atoms with Crippen LogP contribution in [0.15, 0.2) is 75.9 Å². The third-order valence-electron chi connectivity index (χ3n) is 5.30. The number of rotatable bonds is 7. The smallest absolute Gasteiger partial charge is 0.259 e. The minimum atomic E-state index is -0.198.